The molecule has 0 aromatic heterocycles. The van der Waals surface area contributed by atoms with Gasteiger partial charge in [0.2, 0.25) is 0 Å². The van der Waals surface area contributed by atoms with Crippen molar-refractivity contribution in [2.45, 2.75) is 12.5 Å². The second-order valence-corrected chi connectivity index (χ2v) is 3.92. The van der Waals surface area contributed by atoms with Gasteiger partial charge >= 0.3 is 6.09 Å². The highest BCUT2D eigenvalue weighted by molar-refractivity contribution is 6.32. The molecule has 0 saturated carbocycles. The van der Waals surface area contributed by atoms with E-state index in [2.05, 4.69) is 5.32 Å². The van der Waals surface area contributed by atoms with E-state index >= 15 is 0 Å². The van der Waals surface area contributed by atoms with Gasteiger partial charge < -0.3 is 14.8 Å². The summed E-state index contributed by atoms with van der Waals surface area (Å²) < 4.78 is 9.93. The van der Waals surface area contributed by atoms with Gasteiger partial charge in [0, 0.05) is 6.42 Å². The van der Waals surface area contributed by atoms with E-state index in [1.54, 1.807) is 13.2 Å². The molecule has 0 radical (unpaired) electrons. The first-order valence-corrected chi connectivity index (χ1v) is 5.35. The van der Waals surface area contributed by atoms with Gasteiger partial charge in [-0.1, -0.05) is 17.7 Å². The molecular weight excluding hydrogens is 265 g/mol. The molecule has 17 heavy (non-hydrogen) atoms. The summed E-state index contributed by atoms with van der Waals surface area (Å²) in [5.41, 5.74) is 0.970. The normalized spacial score (nSPS) is 18.7. The summed E-state index contributed by atoms with van der Waals surface area (Å²) in [5, 5.41) is 3.30. The number of nitrogens with one attached hydrogen (secondary N) is 1. The van der Waals surface area contributed by atoms with Gasteiger partial charge in [0.25, 0.3) is 0 Å². The third-order valence-electron chi connectivity index (χ3n) is 2.51. The number of hydrogen-bond donors (Lipinski definition) is 1. The topological polar surface area (TPSA) is 47.6 Å². The fraction of sp³-hybridized carbons (Fsp3) is 0.364. The minimum absolute atomic E-state index is 0. The van der Waals surface area contributed by atoms with E-state index in [0.29, 0.717) is 17.4 Å². The second kappa shape index (κ2) is 5.98. The van der Waals surface area contributed by atoms with E-state index in [-0.39, 0.29) is 24.5 Å². The number of hydrogen-bond acceptors (Lipinski definition) is 3. The Morgan fingerprint density at radius 3 is 2.94 bits per heavy atom. The maximum absolute atomic E-state index is 11.1. The Balaban J connectivity index is 0.00000144. The number of carbonyl (C=O) groups is 1. The van der Waals surface area contributed by atoms with Gasteiger partial charge in [-0.15, -0.1) is 12.4 Å². The number of methoxy groups -OCH3 is 1. The predicted molar refractivity (Wildman–Crippen MR) is 67.1 cm³/mol. The van der Waals surface area contributed by atoms with Crippen LogP contribution in [-0.4, -0.2) is 19.8 Å². The Morgan fingerprint density at radius 1 is 1.53 bits per heavy atom. The van der Waals surface area contributed by atoms with E-state index in [1.165, 1.54) is 0 Å². The van der Waals surface area contributed by atoms with Crippen molar-refractivity contribution in [3.8, 4) is 5.75 Å². The standard InChI is InChI=1S/C11H12ClNO3.ClH/c1-15-10-6-7(2-3-8(10)12)9-4-5-16-11(14)13-9;/h2-3,6,9H,4-5H2,1H3,(H,13,14);1H/t9-;/m0./s1. The summed E-state index contributed by atoms with van der Waals surface area (Å²) >= 11 is 5.93. The molecule has 1 aliphatic rings. The number of amides is 1. The third-order valence-corrected chi connectivity index (χ3v) is 2.82. The SMILES string of the molecule is COc1cc([C@@H]2CCOC(=O)N2)ccc1Cl.Cl. The van der Waals surface area contributed by atoms with Crippen LogP contribution in [0.1, 0.15) is 18.0 Å². The van der Waals surface area contributed by atoms with Crippen molar-refractivity contribution < 1.29 is 14.3 Å². The Morgan fingerprint density at radius 2 is 2.29 bits per heavy atom. The molecule has 1 amide bonds. The van der Waals surface area contributed by atoms with Gasteiger partial charge in [0.15, 0.2) is 0 Å². The number of cyclic esters (lactones) is 1. The fourth-order valence-corrected chi connectivity index (χ4v) is 1.86. The van der Waals surface area contributed by atoms with E-state index in [0.717, 1.165) is 12.0 Å². The molecular formula is C11H13Cl2NO3. The monoisotopic (exact) mass is 277 g/mol. The van der Waals surface area contributed by atoms with E-state index in [4.69, 9.17) is 21.1 Å². The molecule has 1 heterocycles. The molecule has 1 saturated heterocycles. The Labute approximate surface area is 111 Å². The van der Waals surface area contributed by atoms with Crippen LogP contribution in [-0.2, 0) is 4.74 Å². The van der Waals surface area contributed by atoms with Gasteiger partial charge in [-0.05, 0) is 17.7 Å². The van der Waals surface area contributed by atoms with Gasteiger partial charge in [0.1, 0.15) is 5.75 Å². The second-order valence-electron chi connectivity index (χ2n) is 3.52. The molecule has 1 aromatic rings. The number of ether oxygens (including phenoxy) is 2. The minimum atomic E-state index is -0.384. The van der Waals surface area contributed by atoms with Crippen LogP contribution < -0.4 is 10.1 Å². The predicted octanol–water partition coefficient (Wildman–Crippen LogP) is 2.94. The summed E-state index contributed by atoms with van der Waals surface area (Å²) in [4.78, 5) is 11.1. The first-order chi connectivity index (χ1) is 7.70. The molecule has 94 valence electrons. The largest absolute Gasteiger partial charge is 0.495 e. The Hall–Kier alpha value is -1.13. The van der Waals surface area contributed by atoms with Gasteiger partial charge in [-0.25, -0.2) is 4.79 Å². The van der Waals surface area contributed by atoms with Crippen molar-refractivity contribution in [1.82, 2.24) is 5.32 Å². The molecule has 0 unspecified atom stereocenters. The zero-order chi connectivity index (χ0) is 11.5. The molecule has 1 aromatic carbocycles. The number of alkyl carbamates (subject to hydrolysis) is 1. The fourth-order valence-electron chi connectivity index (χ4n) is 1.67. The molecule has 1 atom stereocenters. The summed E-state index contributed by atoms with van der Waals surface area (Å²) in [5.74, 6) is 0.611. The molecule has 1 aliphatic heterocycles. The first-order valence-electron chi connectivity index (χ1n) is 4.97. The van der Waals surface area contributed by atoms with Crippen LogP contribution in [0.15, 0.2) is 18.2 Å². The minimum Gasteiger partial charge on any atom is -0.495 e. The number of carbonyl (C=O) groups excluding carboxylic acids is 1. The zero-order valence-electron chi connectivity index (χ0n) is 9.23. The van der Waals surface area contributed by atoms with Crippen LogP contribution in [0.25, 0.3) is 0 Å². The van der Waals surface area contributed by atoms with Crippen LogP contribution in [0, 0.1) is 0 Å². The lowest BCUT2D eigenvalue weighted by atomic mass is 10.0. The number of halogens is 2. The van der Waals surface area contributed by atoms with E-state index in [1.807, 2.05) is 12.1 Å². The van der Waals surface area contributed by atoms with Gasteiger partial charge in [-0.3, -0.25) is 0 Å². The van der Waals surface area contributed by atoms with Gasteiger partial charge in [-0.2, -0.15) is 0 Å². The summed E-state index contributed by atoms with van der Waals surface area (Å²) in [6.45, 7) is 0.432. The van der Waals surface area contributed by atoms with Gasteiger partial charge in [0.05, 0.1) is 24.8 Å². The van der Waals surface area contributed by atoms with Crippen molar-refractivity contribution in [1.29, 1.82) is 0 Å². The Bertz CT molecular complexity index is 412. The number of rotatable bonds is 2. The van der Waals surface area contributed by atoms with Crippen LogP contribution in [0.3, 0.4) is 0 Å². The van der Waals surface area contributed by atoms with E-state index in [9.17, 15) is 4.79 Å². The molecule has 0 aliphatic carbocycles. The zero-order valence-corrected chi connectivity index (χ0v) is 10.8. The lowest BCUT2D eigenvalue weighted by molar-refractivity contribution is 0.115. The van der Waals surface area contributed by atoms with Crippen LogP contribution >= 0.6 is 24.0 Å². The summed E-state index contributed by atoms with van der Waals surface area (Å²) in [7, 11) is 1.56. The molecule has 1 fully saturated rings. The maximum atomic E-state index is 11.1. The van der Waals surface area contributed by atoms with Crippen molar-refractivity contribution >= 4 is 30.1 Å². The summed E-state index contributed by atoms with van der Waals surface area (Å²) in [6, 6.07) is 5.43. The molecule has 6 heteroatoms. The van der Waals surface area contributed by atoms with Crippen LogP contribution in [0.5, 0.6) is 5.75 Å². The summed E-state index contributed by atoms with van der Waals surface area (Å²) in [6.07, 6.45) is 0.362. The van der Waals surface area contributed by atoms with Crippen molar-refractivity contribution in [3.63, 3.8) is 0 Å². The number of benzene rings is 1. The lowest BCUT2D eigenvalue weighted by Gasteiger charge is -2.24. The smallest absolute Gasteiger partial charge is 0.407 e. The molecule has 0 spiro atoms. The van der Waals surface area contributed by atoms with E-state index < -0.39 is 0 Å². The van der Waals surface area contributed by atoms with Crippen LogP contribution in [0.2, 0.25) is 5.02 Å². The Kier molecular flexibility index (Phi) is 4.90. The highest BCUT2D eigenvalue weighted by atomic mass is 35.5. The molecule has 4 nitrogen and oxygen atoms in total. The highest BCUT2D eigenvalue weighted by Gasteiger charge is 2.21. The first kappa shape index (κ1) is 13.9. The average molecular weight is 278 g/mol. The average Bonchev–Trinajstić information content (AvgIpc) is 2.29. The van der Waals surface area contributed by atoms with Crippen LogP contribution in [0.4, 0.5) is 4.79 Å². The molecule has 0 bridgehead atoms. The maximum Gasteiger partial charge on any atom is 0.407 e. The van der Waals surface area contributed by atoms with Crippen molar-refractivity contribution in [2.24, 2.45) is 0 Å². The van der Waals surface area contributed by atoms with Crippen molar-refractivity contribution in [3.05, 3.63) is 28.8 Å². The molecule has 1 N–H and O–H groups in total. The third kappa shape index (κ3) is 3.17. The highest BCUT2D eigenvalue weighted by Crippen LogP contribution is 2.29. The molecule has 2 rings (SSSR count). The lowest BCUT2D eigenvalue weighted by Crippen LogP contribution is -2.35. The van der Waals surface area contributed by atoms with Crippen molar-refractivity contribution in [2.75, 3.05) is 13.7 Å². The quantitative estimate of drug-likeness (QED) is 0.904.